The number of urea groups is 1. The maximum atomic E-state index is 12.2. The number of nitrogens with one attached hydrogen (secondary N) is 2. The van der Waals surface area contributed by atoms with Crippen molar-refractivity contribution in [1.29, 1.82) is 0 Å². The smallest absolute Gasteiger partial charge is 0.317 e. The first-order chi connectivity index (χ1) is 15.6. The van der Waals surface area contributed by atoms with E-state index in [0.29, 0.717) is 63.7 Å². The summed E-state index contributed by atoms with van der Waals surface area (Å²) in [6, 6.07) is 13.2. The lowest BCUT2D eigenvalue weighted by Gasteiger charge is -2.20. The van der Waals surface area contributed by atoms with E-state index in [1.54, 1.807) is 12.0 Å². The van der Waals surface area contributed by atoms with E-state index in [0.717, 1.165) is 16.9 Å². The number of nitrogens with zero attached hydrogens (tertiary/aromatic N) is 1. The number of hydrogen-bond acceptors (Lipinski definition) is 5. The first kappa shape index (κ1) is 23.2. The lowest BCUT2D eigenvalue weighted by molar-refractivity contribution is -0.121. The van der Waals surface area contributed by atoms with E-state index in [1.807, 2.05) is 49.4 Å². The van der Waals surface area contributed by atoms with Gasteiger partial charge in [-0.1, -0.05) is 24.3 Å². The third-order valence-electron chi connectivity index (χ3n) is 5.11. The molecule has 0 saturated heterocycles. The molecule has 1 aliphatic rings. The van der Waals surface area contributed by atoms with Crippen LogP contribution in [0.3, 0.4) is 0 Å². The number of fused-ring (bicyclic) bond motifs is 1. The minimum absolute atomic E-state index is 0.0382. The molecule has 8 nitrogen and oxygen atoms in total. The molecule has 0 radical (unpaired) electrons. The van der Waals surface area contributed by atoms with Gasteiger partial charge in [-0.15, -0.1) is 0 Å². The Labute approximate surface area is 188 Å². The van der Waals surface area contributed by atoms with Gasteiger partial charge in [-0.3, -0.25) is 4.79 Å². The van der Waals surface area contributed by atoms with Crippen LogP contribution in [-0.2, 0) is 17.8 Å². The zero-order valence-electron chi connectivity index (χ0n) is 18.7. The van der Waals surface area contributed by atoms with Gasteiger partial charge in [-0.05, 0) is 37.1 Å². The minimum atomic E-state index is -0.0935. The first-order valence-corrected chi connectivity index (χ1v) is 10.9. The molecule has 32 heavy (non-hydrogen) atoms. The lowest BCUT2D eigenvalue weighted by Crippen LogP contribution is -2.40. The van der Waals surface area contributed by atoms with Gasteiger partial charge in [0.1, 0.15) is 19.0 Å². The molecule has 2 aromatic rings. The minimum Gasteiger partial charge on any atom is -0.493 e. The fraction of sp³-hybridized carbons (Fsp3) is 0.417. The van der Waals surface area contributed by atoms with Crippen LogP contribution < -0.4 is 24.8 Å². The molecule has 0 aromatic heterocycles. The average molecular weight is 442 g/mol. The van der Waals surface area contributed by atoms with Crippen LogP contribution in [0.15, 0.2) is 42.5 Å². The summed E-state index contributed by atoms with van der Waals surface area (Å²) in [5.41, 5.74) is 1.99. The highest BCUT2D eigenvalue weighted by Gasteiger charge is 2.19. The summed E-state index contributed by atoms with van der Waals surface area (Å²) in [7, 11) is 1.59. The van der Waals surface area contributed by atoms with Crippen molar-refractivity contribution in [3.63, 3.8) is 0 Å². The van der Waals surface area contributed by atoms with Crippen LogP contribution in [0.5, 0.6) is 17.2 Å². The predicted octanol–water partition coefficient (Wildman–Crippen LogP) is 2.75. The molecule has 2 aromatic carbocycles. The normalized spacial score (nSPS) is 12.8. The van der Waals surface area contributed by atoms with Crippen LogP contribution in [0.2, 0.25) is 0 Å². The number of hydrogen-bond donors (Lipinski definition) is 2. The standard InChI is InChI=1S/C24H31N3O5/c1-3-25-24(29)27-13-15-32-20-10-8-18(16-19(20)17-27)9-11-23(28)26-12-14-31-22-7-5-4-6-21(22)30-2/h4-8,10,16H,3,9,11-15,17H2,1-2H3,(H,25,29)(H,26,28). The van der Waals surface area contributed by atoms with Gasteiger partial charge in [-0.2, -0.15) is 0 Å². The van der Waals surface area contributed by atoms with Gasteiger partial charge in [0.15, 0.2) is 11.5 Å². The van der Waals surface area contributed by atoms with Crippen LogP contribution in [0, 0.1) is 0 Å². The lowest BCUT2D eigenvalue weighted by atomic mass is 10.0. The molecular weight excluding hydrogens is 410 g/mol. The van der Waals surface area contributed by atoms with E-state index in [2.05, 4.69) is 10.6 Å². The number of amides is 3. The van der Waals surface area contributed by atoms with E-state index < -0.39 is 0 Å². The Bertz CT molecular complexity index is 918. The van der Waals surface area contributed by atoms with E-state index in [-0.39, 0.29) is 11.9 Å². The Morgan fingerprint density at radius 2 is 1.94 bits per heavy atom. The number of carbonyl (C=O) groups excluding carboxylic acids is 2. The summed E-state index contributed by atoms with van der Waals surface area (Å²) in [4.78, 5) is 26.2. The summed E-state index contributed by atoms with van der Waals surface area (Å²) in [6.45, 7) is 4.74. The summed E-state index contributed by atoms with van der Waals surface area (Å²) < 4.78 is 16.7. The second kappa shape index (κ2) is 11.8. The largest absolute Gasteiger partial charge is 0.493 e. The van der Waals surface area contributed by atoms with E-state index in [9.17, 15) is 9.59 Å². The number of para-hydroxylation sites is 2. The molecule has 8 heteroatoms. The zero-order valence-corrected chi connectivity index (χ0v) is 18.7. The summed E-state index contributed by atoms with van der Waals surface area (Å²) in [5, 5.41) is 5.71. The van der Waals surface area contributed by atoms with E-state index >= 15 is 0 Å². The van der Waals surface area contributed by atoms with Crippen LogP contribution >= 0.6 is 0 Å². The second-order valence-corrected chi connectivity index (χ2v) is 7.40. The third kappa shape index (κ3) is 6.54. The Morgan fingerprint density at radius 3 is 2.72 bits per heavy atom. The maximum absolute atomic E-state index is 12.2. The van der Waals surface area contributed by atoms with Gasteiger partial charge in [0.25, 0.3) is 0 Å². The van der Waals surface area contributed by atoms with Crippen LogP contribution in [0.25, 0.3) is 0 Å². The van der Waals surface area contributed by atoms with Gasteiger partial charge >= 0.3 is 6.03 Å². The molecule has 3 amide bonds. The number of aryl methyl sites for hydroxylation is 1. The second-order valence-electron chi connectivity index (χ2n) is 7.40. The summed E-state index contributed by atoms with van der Waals surface area (Å²) in [5.74, 6) is 2.07. The van der Waals surface area contributed by atoms with Gasteiger partial charge in [0, 0.05) is 18.5 Å². The van der Waals surface area contributed by atoms with Crippen molar-refractivity contribution in [2.75, 3.05) is 40.0 Å². The summed E-state index contributed by atoms with van der Waals surface area (Å²) in [6.07, 6.45) is 0.974. The van der Waals surface area contributed by atoms with Crippen molar-refractivity contribution in [1.82, 2.24) is 15.5 Å². The highest BCUT2D eigenvalue weighted by molar-refractivity contribution is 5.76. The molecule has 0 unspecified atom stereocenters. The maximum Gasteiger partial charge on any atom is 0.317 e. The quantitative estimate of drug-likeness (QED) is 0.584. The fourth-order valence-electron chi connectivity index (χ4n) is 3.48. The third-order valence-corrected chi connectivity index (χ3v) is 5.11. The SMILES string of the molecule is CCNC(=O)N1CCOc2ccc(CCC(=O)NCCOc3ccccc3OC)cc2C1. The van der Waals surface area contributed by atoms with Gasteiger partial charge in [0.05, 0.1) is 26.7 Å². The molecule has 2 N–H and O–H groups in total. The number of rotatable bonds is 9. The molecule has 172 valence electrons. The van der Waals surface area contributed by atoms with Gasteiger partial charge < -0.3 is 29.7 Å². The molecule has 1 heterocycles. The summed E-state index contributed by atoms with van der Waals surface area (Å²) >= 11 is 0. The van der Waals surface area contributed by atoms with Crippen LogP contribution in [0.1, 0.15) is 24.5 Å². The van der Waals surface area contributed by atoms with Crippen molar-refractivity contribution in [2.45, 2.75) is 26.3 Å². The number of benzene rings is 2. The Kier molecular flexibility index (Phi) is 8.60. The van der Waals surface area contributed by atoms with Crippen LogP contribution in [0.4, 0.5) is 4.79 Å². The first-order valence-electron chi connectivity index (χ1n) is 10.9. The molecule has 3 rings (SSSR count). The fourth-order valence-corrected chi connectivity index (χ4v) is 3.48. The number of carbonyl (C=O) groups is 2. The van der Waals surface area contributed by atoms with Crippen LogP contribution in [-0.4, -0.2) is 56.8 Å². The molecule has 0 aliphatic carbocycles. The van der Waals surface area contributed by atoms with Crippen molar-refractivity contribution in [3.8, 4) is 17.2 Å². The van der Waals surface area contributed by atoms with Crippen molar-refractivity contribution < 1.29 is 23.8 Å². The molecule has 0 saturated carbocycles. The molecule has 0 fully saturated rings. The molecule has 1 aliphatic heterocycles. The Morgan fingerprint density at radius 1 is 1.12 bits per heavy atom. The topological polar surface area (TPSA) is 89.1 Å². The van der Waals surface area contributed by atoms with E-state index in [1.165, 1.54) is 0 Å². The Balaban J connectivity index is 1.45. The molecule has 0 spiro atoms. The predicted molar refractivity (Wildman–Crippen MR) is 121 cm³/mol. The molecule has 0 bridgehead atoms. The number of ether oxygens (including phenoxy) is 3. The molecule has 0 atom stereocenters. The van der Waals surface area contributed by atoms with Gasteiger partial charge in [-0.25, -0.2) is 4.79 Å². The highest BCUT2D eigenvalue weighted by atomic mass is 16.5. The van der Waals surface area contributed by atoms with E-state index in [4.69, 9.17) is 14.2 Å². The average Bonchev–Trinajstić information content (AvgIpc) is 3.03. The zero-order chi connectivity index (χ0) is 22.8. The van der Waals surface area contributed by atoms with Crippen molar-refractivity contribution in [2.24, 2.45) is 0 Å². The Hall–Kier alpha value is -3.42. The van der Waals surface area contributed by atoms with Gasteiger partial charge in [0.2, 0.25) is 5.91 Å². The number of methoxy groups -OCH3 is 1. The highest BCUT2D eigenvalue weighted by Crippen LogP contribution is 2.26. The molecular formula is C24H31N3O5. The monoisotopic (exact) mass is 441 g/mol. The van der Waals surface area contributed by atoms with Crippen molar-refractivity contribution in [3.05, 3.63) is 53.6 Å². The van der Waals surface area contributed by atoms with Crippen molar-refractivity contribution >= 4 is 11.9 Å².